The van der Waals surface area contributed by atoms with E-state index in [0.717, 1.165) is 4.88 Å². The Labute approximate surface area is 189 Å². The number of carbonyl (C=O) groups excluding carboxylic acids is 2. The molecule has 0 aliphatic carbocycles. The molecule has 0 spiro atoms. The zero-order chi connectivity index (χ0) is 21.8. The molecule has 0 fully saturated rings. The Balaban J connectivity index is 1.96. The second kappa shape index (κ2) is 9.68. The Hall–Kier alpha value is -2.29. The highest BCUT2D eigenvalue weighted by molar-refractivity contribution is 8.15. The van der Waals surface area contributed by atoms with Gasteiger partial charge in [-0.15, -0.1) is 11.3 Å². The van der Waals surface area contributed by atoms with Crippen LogP contribution in [0.25, 0.3) is 6.08 Å². The van der Waals surface area contributed by atoms with Crippen LogP contribution in [-0.4, -0.2) is 35.4 Å². The van der Waals surface area contributed by atoms with Gasteiger partial charge in [0.05, 0.1) is 23.1 Å². The Morgan fingerprint density at radius 2 is 2.10 bits per heavy atom. The number of amides is 2. The van der Waals surface area contributed by atoms with E-state index in [0.29, 0.717) is 27.3 Å². The topological polar surface area (TPSA) is 71.0 Å². The molecule has 1 unspecified atom stereocenters. The van der Waals surface area contributed by atoms with Crippen LogP contribution >= 0.6 is 34.7 Å². The molecular weight excluding hydrogens is 442 g/mol. The summed E-state index contributed by atoms with van der Waals surface area (Å²) in [4.78, 5) is 32.5. The van der Waals surface area contributed by atoms with Gasteiger partial charge in [-0.3, -0.25) is 14.5 Å². The Bertz CT molecular complexity index is 1000. The van der Waals surface area contributed by atoms with Crippen molar-refractivity contribution in [2.24, 2.45) is 4.99 Å². The summed E-state index contributed by atoms with van der Waals surface area (Å²) in [6.07, 6.45) is 1.75. The summed E-state index contributed by atoms with van der Waals surface area (Å²) in [5.74, 6) is 0.120. The lowest BCUT2D eigenvalue weighted by Crippen LogP contribution is -2.38. The minimum atomic E-state index is -0.434. The summed E-state index contributed by atoms with van der Waals surface area (Å²) in [6, 6.07) is 8.95. The third-order valence-electron chi connectivity index (χ3n) is 4.13. The zero-order valence-corrected chi connectivity index (χ0v) is 19.4. The number of rotatable bonds is 6. The number of ether oxygens (including phenoxy) is 1. The minimum Gasteiger partial charge on any atom is -0.495 e. The lowest BCUT2D eigenvalue weighted by atomic mass is 10.2. The molecule has 3 rings (SSSR count). The van der Waals surface area contributed by atoms with Crippen LogP contribution in [0.15, 0.2) is 46.4 Å². The highest BCUT2D eigenvalue weighted by atomic mass is 35.5. The number of nitrogens with zero attached hydrogens (tertiary/aromatic N) is 2. The maximum absolute atomic E-state index is 13.2. The van der Waals surface area contributed by atoms with Crippen LogP contribution < -0.4 is 15.0 Å². The third-order valence-corrected chi connectivity index (χ3v) is 6.29. The van der Waals surface area contributed by atoms with E-state index in [-0.39, 0.29) is 17.9 Å². The third kappa shape index (κ3) is 5.06. The van der Waals surface area contributed by atoms with Crippen molar-refractivity contribution in [2.45, 2.75) is 32.1 Å². The number of aliphatic imine (C=N–C) groups is 1. The normalized spacial score (nSPS) is 16.2. The SMILES string of the molecule is COc1ccc(N2C(=O)/C(=C\c3cccs3)N=C2SC(C)C(=O)NC(C)C)cc1Cl. The molecule has 1 aliphatic rings. The number of amidine groups is 1. The van der Waals surface area contributed by atoms with Gasteiger partial charge in [-0.1, -0.05) is 29.4 Å². The van der Waals surface area contributed by atoms with Gasteiger partial charge in [0.2, 0.25) is 5.91 Å². The van der Waals surface area contributed by atoms with Crippen LogP contribution in [0.3, 0.4) is 0 Å². The van der Waals surface area contributed by atoms with Crippen molar-refractivity contribution in [2.75, 3.05) is 12.0 Å². The quantitative estimate of drug-likeness (QED) is 0.624. The summed E-state index contributed by atoms with van der Waals surface area (Å²) < 4.78 is 5.21. The molecule has 2 amide bonds. The number of thioether (sulfide) groups is 1. The molecule has 0 saturated carbocycles. The lowest BCUT2D eigenvalue weighted by Gasteiger charge is -2.21. The van der Waals surface area contributed by atoms with Crippen LogP contribution in [0.5, 0.6) is 5.75 Å². The van der Waals surface area contributed by atoms with Gasteiger partial charge in [-0.25, -0.2) is 4.99 Å². The number of anilines is 1. The smallest absolute Gasteiger partial charge is 0.283 e. The highest BCUT2D eigenvalue weighted by Crippen LogP contribution is 2.35. The summed E-state index contributed by atoms with van der Waals surface area (Å²) in [5, 5.41) is 5.20. The second-order valence-corrected chi connectivity index (χ2v) is 9.52. The van der Waals surface area contributed by atoms with E-state index in [4.69, 9.17) is 16.3 Å². The van der Waals surface area contributed by atoms with Crippen molar-refractivity contribution in [3.63, 3.8) is 0 Å². The fourth-order valence-electron chi connectivity index (χ4n) is 2.72. The van der Waals surface area contributed by atoms with Gasteiger partial charge in [0, 0.05) is 10.9 Å². The highest BCUT2D eigenvalue weighted by Gasteiger charge is 2.34. The molecule has 0 bridgehead atoms. The zero-order valence-electron chi connectivity index (χ0n) is 17.0. The van der Waals surface area contributed by atoms with E-state index in [1.54, 1.807) is 31.2 Å². The van der Waals surface area contributed by atoms with Crippen molar-refractivity contribution in [3.8, 4) is 5.75 Å². The molecule has 9 heteroatoms. The summed E-state index contributed by atoms with van der Waals surface area (Å²) >= 11 is 9.03. The Kier molecular flexibility index (Phi) is 7.23. The fraction of sp³-hybridized carbons (Fsp3) is 0.286. The Morgan fingerprint density at radius 3 is 2.70 bits per heavy atom. The molecule has 30 heavy (non-hydrogen) atoms. The average Bonchev–Trinajstić information content (AvgIpc) is 3.30. The maximum atomic E-state index is 13.2. The first-order valence-electron chi connectivity index (χ1n) is 9.29. The van der Waals surface area contributed by atoms with Gasteiger partial charge in [0.15, 0.2) is 5.17 Å². The first kappa shape index (κ1) is 22.4. The molecule has 6 nitrogen and oxygen atoms in total. The predicted octanol–water partition coefficient (Wildman–Crippen LogP) is 4.80. The molecule has 158 valence electrons. The molecule has 2 heterocycles. The van der Waals surface area contributed by atoms with E-state index < -0.39 is 5.25 Å². The molecule has 0 saturated heterocycles. The Morgan fingerprint density at radius 1 is 1.33 bits per heavy atom. The van der Waals surface area contributed by atoms with Crippen molar-refractivity contribution >= 4 is 63.4 Å². The number of nitrogens with one attached hydrogen (secondary N) is 1. The first-order chi connectivity index (χ1) is 14.3. The molecule has 1 atom stereocenters. The van der Waals surface area contributed by atoms with Crippen molar-refractivity contribution in [1.29, 1.82) is 0 Å². The van der Waals surface area contributed by atoms with Crippen LogP contribution in [-0.2, 0) is 9.59 Å². The number of halogens is 1. The lowest BCUT2D eigenvalue weighted by molar-refractivity contribution is -0.120. The summed E-state index contributed by atoms with van der Waals surface area (Å²) in [5.41, 5.74) is 0.867. The molecule has 1 aromatic heterocycles. The molecule has 1 aromatic carbocycles. The standard InChI is InChI=1S/C21H22ClN3O3S2/c1-12(2)23-19(26)13(3)30-21-24-17(11-15-6-5-9-29-15)20(27)25(21)14-7-8-18(28-4)16(22)10-14/h5-13H,1-4H3,(H,23,26)/b17-11+. The van der Waals surface area contributed by atoms with E-state index >= 15 is 0 Å². The minimum absolute atomic E-state index is 0.0264. The predicted molar refractivity (Wildman–Crippen MR) is 126 cm³/mol. The maximum Gasteiger partial charge on any atom is 0.283 e. The van der Waals surface area contributed by atoms with E-state index in [9.17, 15) is 9.59 Å². The largest absolute Gasteiger partial charge is 0.495 e. The van der Waals surface area contributed by atoms with Gasteiger partial charge in [0.25, 0.3) is 5.91 Å². The van der Waals surface area contributed by atoms with Gasteiger partial charge in [-0.2, -0.15) is 0 Å². The average molecular weight is 464 g/mol. The number of thiophene rings is 1. The van der Waals surface area contributed by atoms with Gasteiger partial charge in [-0.05, 0) is 56.5 Å². The van der Waals surface area contributed by atoms with Crippen LogP contribution in [0.1, 0.15) is 25.6 Å². The molecule has 2 aromatic rings. The van der Waals surface area contributed by atoms with Gasteiger partial charge in [0.1, 0.15) is 11.4 Å². The van der Waals surface area contributed by atoms with Gasteiger partial charge < -0.3 is 10.1 Å². The van der Waals surface area contributed by atoms with Crippen LogP contribution in [0.4, 0.5) is 5.69 Å². The number of carbonyl (C=O) groups is 2. The summed E-state index contributed by atoms with van der Waals surface area (Å²) in [6.45, 7) is 5.59. The number of hydrogen-bond donors (Lipinski definition) is 1. The second-order valence-electron chi connectivity index (χ2n) is 6.82. The molecule has 1 N–H and O–H groups in total. The molecule has 0 radical (unpaired) electrons. The number of benzene rings is 1. The fourth-order valence-corrected chi connectivity index (χ4v) is 4.56. The van der Waals surface area contributed by atoms with E-state index in [1.807, 2.05) is 31.4 Å². The number of methoxy groups -OCH3 is 1. The first-order valence-corrected chi connectivity index (χ1v) is 11.4. The molecule has 1 aliphatic heterocycles. The van der Waals surface area contributed by atoms with Crippen molar-refractivity contribution in [3.05, 3.63) is 51.3 Å². The summed E-state index contributed by atoms with van der Waals surface area (Å²) in [7, 11) is 1.53. The van der Waals surface area contributed by atoms with E-state index in [2.05, 4.69) is 10.3 Å². The van der Waals surface area contributed by atoms with Crippen molar-refractivity contribution in [1.82, 2.24) is 5.32 Å². The van der Waals surface area contributed by atoms with Gasteiger partial charge >= 0.3 is 0 Å². The van der Waals surface area contributed by atoms with E-state index in [1.165, 1.54) is 35.1 Å². The molecular formula is C21H22ClN3O3S2. The van der Waals surface area contributed by atoms with Crippen LogP contribution in [0.2, 0.25) is 5.02 Å². The monoisotopic (exact) mass is 463 g/mol. The van der Waals surface area contributed by atoms with Crippen molar-refractivity contribution < 1.29 is 14.3 Å². The number of hydrogen-bond acceptors (Lipinski definition) is 6. The van der Waals surface area contributed by atoms with Crippen LogP contribution in [0, 0.1) is 0 Å².